The third-order valence-electron chi connectivity index (χ3n) is 1.92. The van der Waals surface area contributed by atoms with Crippen molar-refractivity contribution in [3.63, 3.8) is 0 Å². The first kappa shape index (κ1) is 13.5. The highest BCUT2D eigenvalue weighted by Gasteiger charge is 2.30. The summed E-state index contributed by atoms with van der Waals surface area (Å²) in [5.74, 6) is -0.380. The van der Waals surface area contributed by atoms with Crippen LogP contribution in [0.3, 0.4) is 0 Å². The lowest BCUT2D eigenvalue weighted by Gasteiger charge is -2.09. The molecule has 0 bridgehead atoms. The predicted molar refractivity (Wildman–Crippen MR) is 58.6 cm³/mol. The number of carbonyl (C=O) groups excluding carboxylic acids is 1. The molecule has 0 heterocycles. The topological polar surface area (TPSA) is 17.1 Å². The Hall–Kier alpha value is -0.550. The van der Waals surface area contributed by atoms with Gasteiger partial charge in [-0.05, 0) is 17.7 Å². The molecule has 0 spiro atoms. The Morgan fingerprint density at radius 1 is 1.38 bits per heavy atom. The fourth-order valence-corrected chi connectivity index (χ4v) is 1.74. The molecule has 88 valence electrons. The number of ketones is 1. The van der Waals surface area contributed by atoms with Crippen LogP contribution in [-0.2, 0) is 17.4 Å². The van der Waals surface area contributed by atoms with Crippen molar-refractivity contribution in [2.45, 2.75) is 12.6 Å². The lowest BCUT2D eigenvalue weighted by Crippen LogP contribution is -2.08. The van der Waals surface area contributed by atoms with Crippen molar-refractivity contribution in [2.24, 2.45) is 0 Å². The zero-order valence-corrected chi connectivity index (χ0v) is 10.3. The Kier molecular flexibility index (Phi) is 4.38. The molecule has 0 saturated carbocycles. The molecule has 16 heavy (non-hydrogen) atoms. The van der Waals surface area contributed by atoms with Gasteiger partial charge in [-0.15, -0.1) is 11.6 Å². The molecule has 0 fully saturated rings. The van der Waals surface area contributed by atoms with Crippen LogP contribution in [0, 0.1) is 0 Å². The molecular formula is C10H7BrClF3O. The molecule has 1 aromatic carbocycles. The number of hydrogen-bond acceptors (Lipinski definition) is 1. The average Bonchev–Trinajstić information content (AvgIpc) is 2.19. The van der Waals surface area contributed by atoms with E-state index in [1.807, 2.05) is 0 Å². The standard InChI is InChI=1S/C10H7BrClF3O/c11-9-4-7(10(13,14)15)2-1-6(9)3-8(16)5-12/h1-2,4H,3,5H2. The van der Waals surface area contributed by atoms with Crippen molar-refractivity contribution in [1.29, 1.82) is 0 Å². The van der Waals surface area contributed by atoms with Crippen LogP contribution in [0.15, 0.2) is 22.7 Å². The Labute approximate surface area is 104 Å². The molecule has 6 heteroatoms. The molecule has 0 aliphatic rings. The Morgan fingerprint density at radius 3 is 2.44 bits per heavy atom. The van der Waals surface area contributed by atoms with E-state index in [0.717, 1.165) is 12.1 Å². The van der Waals surface area contributed by atoms with Crippen molar-refractivity contribution in [1.82, 2.24) is 0 Å². The van der Waals surface area contributed by atoms with Crippen molar-refractivity contribution >= 4 is 33.3 Å². The number of alkyl halides is 4. The van der Waals surface area contributed by atoms with Gasteiger partial charge in [0.05, 0.1) is 11.4 Å². The predicted octanol–water partition coefficient (Wildman–Crippen LogP) is 3.82. The summed E-state index contributed by atoms with van der Waals surface area (Å²) in [7, 11) is 0. The first-order valence-electron chi connectivity index (χ1n) is 4.28. The summed E-state index contributed by atoms with van der Waals surface area (Å²) >= 11 is 8.32. The summed E-state index contributed by atoms with van der Waals surface area (Å²) in [6.45, 7) is 0. The molecule has 0 saturated heterocycles. The Balaban J connectivity index is 2.96. The fourth-order valence-electron chi connectivity index (χ4n) is 1.13. The van der Waals surface area contributed by atoms with E-state index in [1.54, 1.807) is 0 Å². The van der Waals surface area contributed by atoms with E-state index in [0.29, 0.717) is 5.56 Å². The molecule has 0 unspecified atom stereocenters. The van der Waals surface area contributed by atoms with Crippen LogP contribution in [0.25, 0.3) is 0 Å². The number of carbonyl (C=O) groups is 1. The monoisotopic (exact) mass is 314 g/mol. The zero-order valence-electron chi connectivity index (χ0n) is 7.94. The molecule has 1 rings (SSSR count). The minimum Gasteiger partial charge on any atom is -0.298 e. The summed E-state index contributed by atoms with van der Waals surface area (Å²) in [6, 6.07) is 3.18. The normalized spacial score (nSPS) is 11.6. The van der Waals surface area contributed by atoms with Crippen LogP contribution in [-0.4, -0.2) is 11.7 Å². The second-order valence-electron chi connectivity index (χ2n) is 3.15. The first-order chi connectivity index (χ1) is 7.34. The van der Waals surface area contributed by atoms with Crippen LogP contribution in [0.2, 0.25) is 0 Å². The van der Waals surface area contributed by atoms with E-state index in [4.69, 9.17) is 11.6 Å². The van der Waals surface area contributed by atoms with Crippen LogP contribution < -0.4 is 0 Å². The molecule has 1 nitrogen and oxygen atoms in total. The van der Waals surface area contributed by atoms with E-state index < -0.39 is 11.7 Å². The third-order valence-corrected chi connectivity index (χ3v) is 2.95. The van der Waals surface area contributed by atoms with Crippen LogP contribution in [0.5, 0.6) is 0 Å². The van der Waals surface area contributed by atoms with Gasteiger partial charge < -0.3 is 0 Å². The first-order valence-corrected chi connectivity index (χ1v) is 5.60. The molecule has 0 aliphatic carbocycles. The second kappa shape index (κ2) is 5.19. The molecular weight excluding hydrogens is 308 g/mol. The Morgan fingerprint density at radius 2 is 2.00 bits per heavy atom. The van der Waals surface area contributed by atoms with Gasteiger partial charge in [-0.25, -0.2) is 0 Å². The molecule has 0 radical (unpaired) electrons. The average molecular weight is 316 g/mol. The number of halogens is 5. The van der Waals surface area contributed by atoms with E-state index in [9.17, 15) is 18.0 Å². The SMILES string of the molecule is O=C(CCl)Cc1ccc(C(F)(F)F)cc1Br. The van der Waals surface area contributed by atoms with Gasteiger partial charge in [-0.2, -0.15) is 13.2 Å². The van der Waals surface area contributed by atoms with Gasteiger partial charge in [0.25, 0.3) is 0 Å². The summed E-state index contributed by atoms with van der Waals surface area (Å²) in [6.07, 6.45) is -4.35. The van der Waals surface area contributed by atoms with E-state index in [2.05, 4.69) is 15.9 Å². The summed E-state index contributed by atoms with van der Waals surface area (Å²) in [5.41, 5.74) is -0.250. The lowest BCUT2D eigenvalue weighted by molar-refractivity contribution is -0.137. The largest absolute Gasteiger partial charge is 0.416 e. The number of benzene rings is 1. The van der Waals surface area contributed by atoms with Gasteiger partial charge in [0.15, 0.2) is 5.78 Å². The zero-order chi connectivity index (χ0) is 12.3. The van der Waals surface area contributed by atoms with Crippen LogP contribution >= 0.6 is 27.5 Å². The highest BCUT2D eigenvalue weighted by atomic mass is 79.9. The molecule has 0 aromatic heterocycles. The van der Waals surface area contributed by atoms with Gasteiger partial charge in [0.1, 0.15) is 0 Å². The van der Waals surface area contributed by atoms with E-state index >= 15 is 0 Å². The van der Waals surface area contributed by atoms with Gasteiger partial charge in [-0.3, -0.25) is 4.79 Å². The van der Waals surface area contributed by atoms with Gasteiger partial charge in [0.2, 0.25) is 0 Å². The fraction of sp³-hybridized carbons (Fsp3) is 0.300. The number of hydrogen-bond donors (Lipinski definition) is 0. The second-order valence-corrected chi connectivity index (χ2v) is 4.27. The maximum atomic E-state index is 12.3. The molecule has 0 N–H and O–H groups in total. The summed E-state index contributed by atoms with van der Waals surface area (Å²) < 4.78 is 37.2. The third kappa shape index (κ3) is 3.49. The van der Waals surface area contributed by atoms with Gasteiger partial charge in [0, 0.05) is 10.9 Å². The van der Waals surface area contributed by atoms with Crippen LogP contribution in [0.4, 0.5) is 13.2 Å². The lowest BCUT2D eigenvalue weighted by atomic mass is 10.1. The smallest absolute Gasteiger partial charge is 0.298 e. The number of Topliss-reactive ketones (excluding diaryl/α,β-unsaturated/α-hetero) is 1. The van der Waals surface area contributed by atoms with Crippen LogP contribution in [0.1, 0.15) is 11.1 Å². The van der Waals surface area contributed by atoms with Crippen molar-refractivity contribution in [3.05, 3.63) is 33.8 Å². The minimum atomic E-state index is -4.38. The Bertz CT molecular complexity index is 404. The molecule has 0 atom stereocenters. The minimum absolute atomic E-state index is 0.0300. The quantitative estimate of drug-likeness (QED) is 0.775. The molecule has 1 aromatic rings. The van der Waals surface area contributed by atoms with Crippen molar-refractivity contribution in [3.8, 4) is 0 Å². The van der Waals surface area contributed by atoms with Gasteiger partial charge in [-0.1, -0.05) is 22.0 Å². The van der Waals surface area contributed by atoms with Gasteiger partial charge >= 0.3 is 6.18 Å². The maximum absolute atomic E-state index is 12.3. The highest BCUT2D eigenvalue weighted by Crippen LogP contribution is 2.32. The summed E-state index contributed by atoms with van der Waals surface area (Å²) in [5, 5.41) is 0. The maximum Gasteiger partial charge on any atom is 0.416 e. The highest BCUT2D eigenvalue weighted by molar-refractivity contribution is 9.10. The number of rotatable bonds is 3. The summed E-state index contributed by atoms with van der Waals surface area (Å²) in [4.78, 5) is 11.0. The molecule has 0 amide bonds. The van der Waals surface area contributed by atoms with E-state index in [1.165, 1.54) is 6.07 Å². The van der Waals surface area contributed by atoms with Crippen molar-refractivity contribution < 1.29 is 18.0 Å². The van der Waals surface area contributed by atoms with E-state index in [-0.39, 0.29) is 22.6 Å². The molecule has 0 aliphatic heterocycles. The van der Waals surface area contributed by atoms with Crippen molar-refractivity contribution in [2.75, 3.05) is 5.88 Å².